The Labute approximate surface area is 537 Å². The lowest BCUT2D eigenvalue weighted by Crippen LogP contribution is -2.60. The smallest absolute Gasteiger partial charge is 0.414 e. The summed E-state index contributed by atoms with van der Waals surface area (Å²) in [5.41, 5.74) is 14.7. The number of anilines is 2. The summed E-state index contributed by atoms with van der Waals surface area (Å²) in [5.74, 6) is -4.97. The minimum Gasteiger partial charge on any atom is -0.480 e. The molecular formula is C67H103N11O13. The first kappa shape index (κ1) is 75.8. The largest absolute Gasteiger partial charge is 0.480 e. The van der Waals surface area contributed by atoms with E-state index < -0.39 is 96.2 Å². The number of benzene rings is 3. The predicted molar refractivity (Wildman–Crippen MR) is 349 cm³/mol. The summed E-state index contributed by atoms with van der Waals surface area (Å²) in [5, 5.41) is 27.2. The van der Waals surface area contributed by atoms with Crippen LogP contribution in [0.4, 0.5) is 21.0 Å². The van der Waals surface area contributed by atoms with Gasteiger partial charge in [0.1, 0.15) is 24.7 Å². The lowest BCUT2D eigenvalue weighted by Gasteiger charge is -2.41. The van der Waals surface area contributed by atoms with Gasteiger partial charge in [-0.25, -0.2) is 14.4 Å². The maximum absolute atomic E-state index is 14.7. The van der Waals surface area contributed by atoms with Gasteiger partial charge in [0.25, 0.3) is 0 Å². The topological polar surface area (TPSA) is 335 Å². The number of aliphatic carboxylic acids is 1. The fraction of sp³-hybridized carbons (Fsp3) is 0.597. The summed E-state index contributed by atoms with van der Waals surface area (Å²) in [6.45, 7) is 18.0. The van der Waals surface area contributed by atoms with Crippen LogP contribution in [0, 0.1) is 29.6 Å². The number of nitrogens with zero attached hydrogens (tertiary/aromatic N) is 3. The molecule has 11 N–H and O–H groups in total. The number of amides is 9. The first-order chi connectivity index (χ1) is 43.1. The molecule has 0 saturated carbocycles. The third kappa shape index (κ3) is 23.2. The zero-order chi connectivity index (χ0) is 67.6. The Morgan fingerprint density at radius 1 is 0.703 bits per heavy atom. The summed E-state index contributed by atoms with van der Waals surface area (Å²) in [7, 11) is 6.30. The molecule has 0 aliphatic carbocycles. The first-order valence-electron chi connectivity index (χ1n) is 31.8. The maximum Gasteiger partial charge on any atom is 0.414 e. The fourth-order valence-corrected chi connectivity index (χ4v) is 11.3. The SMILES string of the molecule is CC[C@H](C)[C@@H]([C@@H](CC(=O)N1CCC[C@H]1[C@H](OC)[C@@H](C)C(=O)N[C@@H](Cc1ccccc1)C(=O)O)OC)N(C)C(=O)[C@@H](NC(=O)[C@@H](NCCCc1ccc(N(C)C(=O)OCc2ccc(NC(=O)[C@H](CCCNC(N)=O)NC(=O)[C@@H](N)C(C)C)cc2)cc1)C(C)C)C(C)C. The third-order valence-electron chi connectivity index (χ3n) is 17.1. The molecule has 4 rings (SSSR count). The molecule has 24 heteroatoms. The molecule has 0 bridgehead atoms. The van der Waals surface area contributed by atoms with Crippen LogP contribution < -0.4 is 48.3 Å². The van der Waals surface area contributed by atoms with Crippen LogP contribution in [0.5, 0.6) is 0 Å². The molecule has 0 spiro atoms. The minimum absolute atomic E-state index is 0.0411. The Hall–Kier alpha value is -7.67. The number of urea groups is 1. The quantitative estimate of drug-likeness (QED) is 0.0311. The minimum atomic E-state index is -1.17. The van der Waals surface area contributed by atoms with Crippen LogP contribution >= 0.6 is 0 Å². The molecule has 9 amide bonds. The summed E-state index contributed by atoms with van der Waals surface area (Å²) in [6.07, 6.45) is 1.81. The number of likely N-dealkylation sites (tertiary alicyclic amines) is 1. The van der Waals surface area contributed by atoms with Crippen molar-refractivity contribution in [2.45, 2.75) is 181 Å². The number of ether oxygens (including phenoxy) is 3. The van der Waals surface area contributed by atoms with Gasteiger partial charge in [-0.15, -0.1) is 0 Å². The van der Waals surface area contributed by atoms with Crippen molar-refractivity contribution in [1.82, 2.24) is 36.4 Å². The second kappa shape index (κ2) is 37.6. The number of primary amides is 1. The molecular weight excluding hydrogens is 1170 g/mol. The highest BCUT2D eigenvalue weighted by atomic mass is 16.6. The van der Waals surface area contributed by atoms with E-state index in [1.54, 1.807) is 93.2 Å². The average molecular weight is 1270 g/mol. The van der Waals surface area contributed by atoms with Crippen molar-refractivity contribution in [1.29, 1.82) is 0 Å². The summed E-state index contributed by atoms with van der Waals surface area (Å²) < 4.78 is 17.6. The van der Waals surface area contributed by atoms with E-state index in [4.69, 9.17) is 25.7 Å². The number of likely N-dealkylation sites (N-methyl/N-ethyl adjacent to an activating group) is 1. The van der Waals surface area contributed by atoms with Crippen molar-refractivity contribution in [3.05, 3.63) is 95.6 Å². The van der Waals surface area contributed by atoms with Gasteiger partial charge in [0, 0.05) is 59.2 Å². The van der Waals surface area contributed by atoms with E-state index in [1.165, 1.54) is 19.1 Å². The van der Waals surface area contributed by atoms with Crippen molar-refractivity contribution in [2.75, 3.05) is 58.2 Å². The number of hydrogen-bond donors (Lipinski definition) is 9. The molecule has 0 unspecified atom stereocenters. The Balaban J connectivity index is 1.30. The number of hydrogen-bond acceptors (Lipinski definition) is 14. The number of carbonyl (C=O) groups is 9. The van der Waals surface area contributed by atoms with Crippen LogP contribution in [0.15, 0.2) is 78.9 Å². The third-order valence-corrected chi connectivity index (χ3v) is 17.1. The number of nitrogens with one attached hydrogen (secondary N) is 6. The lowest BCUT2D eigenvalue weighted by atomic mass is 9.89. The van der Waals surface area contributed by atoms with E-state index in [0.29, 0.717) is 68.6 Å². The van der Waals surface area contributed by atoms with E-state index in [9.17, 15) is 48.3 Å². The normalized spacial score (nSPS) is 16.5. The number of carboxylic acid groups (broad SMARTS) is 1. The van der Waals surface area contributed by atoms with E-state index in [1.807, 2.05) is 71.9 Å². The molecule has 3 aromatic carbocycles. The van der Waals surface area contributed by atoms with E-state index in [0.717, 1.165) is 11.1 Å². The predicted octanol–water partition coefficient (Wildman–Crippen LogP) is 5.73. The van der Waals surface area contributed by atoms with Gasteiger partial charge in [-0.05, 0) is 110 Å². The van der Waals surface area contributed by atoms with Crippen molar-refractivity contribution in [3.8, 4) is 0 Å². The number of rotatable bonds is 37. The number of aryl methyl sites for hydroxylation is 1. The van der Waals surface area contributed by atoms with E-state index in [-0.39, 0.29) is 73.8 Å². The number of carbonyl (C=O) groups excluding carboxylic acids is 8. The second-order valence-electron chi connectivity index (χ2n) is 24.9. The molecule has 504 valence electrons. The summed E-state index contributed by atoms with van der Waals surface area (Å²) >= 11 is 0. The highest BCUT2D eigenvalue weighted by Gasteiger charge is 2.44. The lowest BCUT2D eigenvalue weighted by molar-refractivity contribution is -0.148. The van der Waals surface area contributed by atoms with Crippen molar-refractivity contribution >= 4 is 64.9 Å². The zero-order valence-electron chi connectivity index (χ0n) is 55.6. The van der Waals surface area contributed by atoms with Crippen LogP contribution in [0.25, 0.3) is 0 Å². The van der Waals surface area contributed by atoms with Gasteiger partial charge >= 0.3 is 18.1 Å². The van der Waals surface area contributed by atoms with Crippen molar-refractivity contribution in [3.63, 3.8) is 0 Å². The molecule has 1 fully saturated rings. The van der Waals surface area contributed by atoms with E-state index >= 15 is 0 Å². The highest BCUT2D eigenvalue weighted by Crippen LogP contribution is 2.30. The standard InChI is InChI=1S/C67H103N11O13/c1-14-43(8)58(53(89-12)38-54(79)78-36-20-25-52(78)59(90-13)44(9)60(80)74-51(65(85)86)37-46-21-16-15-17-22-46)77(11)64(84)57(42(6)7)75-63(83)56(41(4)5)70-34-18-23-45-28-32-49(33-29-45)76(10)67(88)91-39-47-26-30-48(31-27-47)72-61(81)50(24-19-35-71-66(69)87)73-62(82)55(68)40(2)3/h15-17,21-22,26-33,40-44,50-53,55-59,70H,14,18-20,23-25,34-39,68H2,1-13H3,(H,72,81)(H,73,82)(H,74,80)(H,75,83)(H,85,86)(H3,69,71,87)/t43-,44+,50-,51-,52-,53+,55-,56-,57-,58-,59+/m0/s1. The van der Waals surface area contributed by atoms with Crippen LogP contribution in [0.1, 0.15) is 124 Å². The van der Waals surface area contributed by atoms with Crippen molar-refractivity contribution in [2.24, 2.45) is 41.1 Å². The molecule has 0 aromatic heterocycles. The highest BCUT2D eigenvalue weighted by molar-refractivity contribution is 5.98. The van der Waals surface area contributed by atoms with Gasteiger partial charge in [0.15, 0.2) is 0 Å². The van der Waals surface area contributed by atoms with Crippen LogP contribution in [-0.4, -0.2) is 171 Å². The molecule has 1 aliphatic rings. The molecule has 24 nitrogen and oxygen atoms in total. The average Bonchev–Trinajstić information content (AvgIpc) is 1.94. The summed E-state index contributed by atoms with van der Waals surface area (Å²) in [6, 6.07) is 17.1. The number of nitrogens with two attached hydrogens (primary N) is 2. The Kier molecular flexibility index (Phi) is 31.3. The Morgan fingerprint density at radius 2 is 1.33 bits per heavy atom. The molecule has 1 heterocycles. The van der Waals surface area contributed by atoms with Gasteiger partial charge in [0.05, 0.1) is 48.7 Å². The van der Waals surface area contributed by atoms with Crippen LogP contribution in [-0.2, 0) is 67.2 Å². The molecule has 1 aliphatic heterocycles. The van der Waals surface area contributed by atoms with Crippen LogP contribution in [0.2, 0.25) is 0 Å². The fourth-order valence-electron chi connectivity index (χ4n) is 11.3. The molecule has 91 heavy (non-hydrogen) atoms. The van der Waals surface area contributed by atoms with Crippen LogP contribution in [0.3, 0.4) is 0 Å². The van der Waals surface area contributed by atoms with Gasteiger partial charge in [0.2, 0.25) is 35.4 Å². The second-order valence-corrected chi connectivity index (χ2v) is 24.9. The Bertz CT molecular complexity index is 2830. The molecule has 1 saturated heterocycles. The zero-order valence-corrected chi connectivity index (χ0v) is 55.6. The Morgan fingerprint density at radius 3 is 1.90 bits per heavy atom. The molecule has 3 aromatic rings. The summed E-state index contributed by atoms with van der Waals surface area (Å²) in [4.78, 5) is 124. The monoisotopic (exact) mass is 1270 g/mol. The van der Waals surface area contributed by atoms with Gasteiger partial charge in [-0.2, -0.15) is 0 Å². The first-order valence-corrected chi connectivity index (χ1v) is 31.8. The van der Waals surface area contributed by atoms with Crippen molar-refractivity contribution < 1.29 is 62.5 Å². The number of methoxy groups -OCH3 is 2. The van der Waals surface area contributed by atoms with Gasteiger partial charge < -0.3 is 72.5 Å². The number of carboxylic acids is 1. The molecule has 11 atom stereocenters. The molecule has 0 radical (unpaired) electrons. The maximum atomic E-state index is 14.7. The van der Waals surface area contributed by atoms with E-state index in [2.05, 4.69) is 31.9 Å². The van der Waals surface area contributed by atoms with Gasteiger partial charge in [-0.3, -0.25) is 33.7 Å². The van der Waals surface area contributed by atoms with Gasteiger partial charge in [-0.1, -0.05) is 123 Å².